The number of hydrogen-bond donors (Lipinski definition) is 3. The van der Waals surface area contributed by atoms with Crippen LogP contribution in [-0.2, 0) is 0 Å². The van der Waals surface area contributed by atoms with Crippen molar-refractivity contribution in [3.8, 4) is 5.75 Å². The maximum atomic E-state index is 12.1. The second kappa shape index (κ2) is 9.08. The molecule has 1 heterocycles. The summed E-state index contributed by atoms with van der Waals surface area (Å²) >= 11 is 0. The quantitative estimate of drug-likeness (QED) is 0.704. The van der Waals surface area contributed by atoms with Crippen molar-refractivity contribution >= 4 is 23.2 Å². The molecule has 1 aliphatic rings. The Labute approximate surface area is 154 Å². The lowest BCUT2D eigenvalue weighted by atomic mass is 9.96. The first kappa shape index (κ1) is 18.0. The summed E-state index contributed by atoms with van der Waals surface area (Å²) in [6.07, 6.45) is 7.47. The van der Waals surface area contributed by atoms with Gasteiger partial charge in [-0.3, -0.25) is 5.32 Å². The Bertz CT molecular complexity index is 695. The van der Waals surface area contributed by atoms with Crippen LogP contribution in [0.4, 0.5) is 22.0 Å². The molecule has 1 aromatic carbocycles. The number of anilines is 3. The molecular formula is C20H26N4O2. The molecule has 138 valence electrons. The average molecular weight is 354 g/mol. The number of rotatable bonds is 6. The van der Waals surface area contributed by atoms with E-state index in [9.17, 15) is 4.79 Å². The van der Waals surface area contributed by atoms with Crippen LogP contribution < -0.4 is 20.7 Å². The molecule has 0 radical (unpaired) electrons. The van der Waals surface area contributed by atoms with E-state index < -0.39 is 0 Å². The Morgan fingerprint density at radius 1 is 1.08 bits per heavy atom. The van der Waals surface area contributed by atoms with E-state index in [0.717, 1.165) is 30.0 Å². The molecule has 2 aromatic rings. The number of benzene rings is 1. The number of carbonyl (C=O) groups is 1. The average Bonchev–Trinajstić information content (AvgIpc) is 2.66. The standard InChI is InChI=1S/C20H26N4O2/c1-2-26-18-11-8-16(9-12-18)22-17-10-13-19(21-14-17)24-20(25)23-15-6-4-3-5-7-15/h8-15,22H,2-7H2,1H3,(H2,21,23,24,25). The number of nitrogens with zero attached hydrogens (tertiary/aromatic N) is 1. The van der Waals surface area contributed by atoms with E-state index >= 15 is 0 Å². The Hall–Kier alpha value is -2.76. The molecular weight excluding hydrogens is 328 g/mol. The number of carbonyl (C=O) groups excluding carboxylic acids is 1. The second-order valence-corrected chi connectivity index (χ2v) is 6.45. The SMILES string of the molecule is CCOc1ccc(Nc2ccc(NC(=O)NC3CCCCC3)nc2)cc1. The summed E-state index contributed by atoms with van der Waals surface area (Å²) in [7, 11) is 0. The topological polar surface area (TPSA) is 75.3 Å². The molecule has 26 heavy (non-hydrogen) atoms. The van der Waals surface area contributed by atoms with Crippen molar-refractivity contribution in [1.29, 1.82) is 0 Å². The van der Waals surface area contributed by atoms with Gasteiger partial charge in [-0.2, -0.15) is 0 Å². The number of ether oxygens (including phenoxy) is 1. The summed E-state index contributed by atoms with van der Waals surface area (Å²) in [6.45, 7) is 2.61. The van der Waals surface area contributed by atoms with Crippen LogP contribution in [0.15, 0.2) is 42.6 Å². The Kier molecular flexibility index (Phi) is 6.30. The fourth-order valence-corrected chi connectivity index (χ4v) is 3.09. The molecule has 1 aliphatic carbocycles. The van der Waals surface area contributed by atoms with Crippen LogP contribution in [0, 0.1) is 0 Å². The zero-order chi connectivity index (χ0) is 18.2. The van der Waals surface area contributed by atoms with Crippen molar-refractivity contribution in [2.45, 2.75) is 45.1 Å². The van der Waals surface area contributed by atoms with Crippen molar-refractivity contribution in [1.82, 2.24) is 10.3 Å². The fourth-order valence-electron chi connectivity index (χ4n) is 3.09. The van der Waals surface area contributed by atoms with Crippen LogP contribution in [0.2, 0.25) is 0 Å². The van der Waals surface area contributed by atoms with Crippen molar-refractivity contribution in [3.05, 3.63) is 42.6 Å². The van der Waals surface area contributed by atoms with E-state index in [4.69, 9.17) is 4.74 Å². The van der Waals surface area contributed by atoms with Gasteiger partial charge in [0.05, 0.1) is 18.5 Å². The minimum Gasteiger partial charge on any atom is -0.494 e. The summed E-state index contributed by atoms with van der Waals surface area (Å²) in [6, 6.07) is 11.5. The highest BCUT2D eigenvalue weighted by Crippen LogP contribution is 2.21. The first-order valence-electron chi connectivity index (χ1n) is 9.26. The van der Waals surface area contributed by atoms with Gasteiger partial charge in [0, 0.05) is 11.7 Å². The normalized spacial score (nSPS) is 14.5. The molecule has 1 saturated carbocycles. The van der Waals surface area contributed by atoms with E-state index in [0.29, 0.717) is 12.4 Å². The molecule has 3 rings (SSSR count). The minimum absolute atomic E-state index is 0.184. The molecule has 0 saturated heterocycles. The Balaban J connectivity index is 1.50. The summed E-state index contributed by atoms with van der Waals surface area (Å²) < 4.78 is 5.43. The maximum absolute atomic E-state index is 12.1. The highest BCUT2D eigenvalue weighted by molar-refractivity contribution is 5.88. The Morgan fingerprint density at radius 3 is 2.46 bits per heavy atom. The zero-order valence-corrected chi connectivity index (χ0v) is 15.1. The zero-order valence-electron chi connectivity index (χ0n) is 15.1. The molecule has 0 unspecified atom stereocenters. The smallest absolute Gasteiger partial charge is 0.320 e. The highest BCUT2D eigenvalue weighted by atomic mass is 16.5. The number of amides is 2. The first-order valence-corrected chi connectivity index (χ1v) is 9.26. The molecule has 0 aliphatic heterocycles. The molecule has 1 aromatic heterocycles. The molecule has 1 fully saturated rings. The molecule has 3 N–H and O–H groups in total. The summed E-state index contributed by atoms with van der Waals surface area (Å²) in [5, 5.41) is 9.09. The van der Waals surface area contributed by atoms with E-state index in [1.165, 1.54) is 19.3 Å². The van der Waals surface area contributed by atoms with Crippen LogP contribution in [0.25, 0.3) is 0 Å². The fraction of sp³-hybridized carbons (Fsp3) is 0.400. The molecule has 0 bridgehead atoms. The van der Waals surface area contributed by atoms with E-state index in [2.05, 4.69) is 20.9 Å². The third-order valence-electron chi connectivity index (χ3n) is 4.40. The molecule has 0 spiro atoms. The number of aromatic nitrogens is 1. The maximum Gasteiger partial charge on any atom is 0.320 e. The number of urea groups is 1. The highest BCUT2D eigenvalue weighted by Gasteiger charge is 2.15. The lowest BCUT2D eigenvalue weighted by molar-refractivity contribution is 0.244. The van der Waals surface area contributed by atoms with E-state index in [-0.39, 0.29) is 12.1 Å². The van der Waals surface area contributed by atoms with Crippen LogP contribution in [0.1, 0.15) is 39.0 Å². The number of hydrogen-bond acceptors (Lipinski definition) is 4. The predicted molar refractivity (Wildman–Crippen MR) is 104 cm³/mol. The summed E-state index contributed by atoms with van der Waals surface area (Å²) in [5.41, 5.74) is 1.80. The first-order chi connectivity index (χ1) is 12.7. The minimum atomic E-state index is -0.184. The molecule has 6 heteroatoms. The van der Waals surface area contributed by atoms with Crippen LogP contribution in [0.3, 0.4) is 0 Å². The van der Waals surface area contributed by atoms with E-state index in [1.807, 2.05) is 37.3 Å². The van der Waals surface area contributed by atoms with Gasteiger partial charge in [-0.05, 0) is 56.2 Å². The monoisotopic (exact) mass is 354 g/mol. The number of pyridine rings is 1. The molecule has 6 nitrogen and oxygen atoms in total. The lowest BCUT2D eigenvalue weighted by Gasteiger charge is -2.22. The van der Waals surface area contributed by atoms with Gasteiger partial charge in [0.15, 0.2) is 0 Å². The third-order valence-corrected chi connectivity index (χ3v) is 4.40. The van der Waals surface area contributed by atoms with Crippen molar-refractivity contribution in [3.63, 3.8) is 0 Å². The van der Waals surface area contributed by atoms with Gasteiger partial charge in [0.1, 0.15) is 11.6 Å². The van der Waals surface area contributed by atoms with Gasteiger partial charge in [0.25, 0.3) is 0 Å². The lowest BCUT2D eigenvalue weighted by Crippen LogP contribution is -2.39. The third kappa shape index (κ3) is 5.37. The predicted octanol–water partition coefficient (Wildman–Crippen LogP) is 4.68. The van der Waals surface area contributed by atoms with Crippen LogP contribution in [0.5, 0.6) is 5.75 Å². The summed E-state index contributed by atoms with van der Waals surface area (Å²) in [5.74, 6) is 1.38. The summed E-state index contributed by atoms with van der Waals surface area (Å²) in [4.78, 5) is 16.3. The van der Waals surface area contributed by atoms with Crippen molar-refractivity contribution in [2.75, 3.05) is 17.2 Å². The largest absolute Gasteiger partial charge is 0.494 e. The van der Waals surface area contributed by atoms with Crippen molar-refractivity contribution in [2.24, 2.45) is 0 Å². The number of nitrogens with one attached hydrogen (secondary N) is 3. The van der Waals surface area contributed by atoms with Gasteiger partial charge in [-0.1, -0.05) is 19.3 Å². The van der Waals surface area contributed by atoms with Crippen molar-refractivity contribution < 1.29 is 9.53 Å². The van der Waals surface area contributed by atoms with Gasteiger partial charge in [-0.15, -0.1) is 0 Å². The van der Waals surface area contributed by atoms with Gasteiger partial charge in [-0.25, -0.2) is 9.78 Å². The second-order valence-electron chi connectivity index (χ2n) is 6.45. The van der Waals surface area contributed by atoms with Crippen LogP contribution in [-0.4, -0.2) is 23.7 Å². The molecule has 2 amide bonds. The van der Waals surface area contributed by atoms with Gasteiger partial charge < -0.3 is 15.4 Å². The van der Waals surface area contributed by atoms with E-state index in [1.54, 1.807) is 12.3 Å². The van der Waals surface area contributed by atoms with Gasteiger partial charge in [0.2, 0.25) is 0 Å². The van der Waals surface area contributed by atoms with Crippen LogP contribution >= 0.6 is 0 Å². The Morgan fingerprint density at radius 2 is 1.81 bits per heavy atom. The molecule has 0 atom stereocenters. The van der Waals surface area contributed by atoms with Gasteiger partial charge >= 0.3 is 6.03 Å².